The second-order valence-electron chi connectivity index (χ2n) is 17.4. The van der Waals surface area contributed by atoms with Crippen molar-refractivity contribution in [2.45, 2.75) is 98.4 Å². The van der Waals surface area contributed by atoms with E-state index in [1.54, 1.807) is 52.0 Å². The molecule has 0 saturated carbocycles. The van der Waals surface area contributed by atoms with E-state index in [2.05, 4.69) is 15.4 Å². The van der Waals surface area contributed by atoms with Gasteiger partial charge >= 0.3 is 5.97 Å². The number of ether oxygens (including phenoxy) is 4. The van der Waals surface area contributed by atoms with Gasteiger partial charge in [0, 0.05) is 92.1 Å². The Bertz CT molecular complexity index is 2650. The molecule has 5 aliphatic rings. The molecule has 0 aromatic heterocycles. The summed E-state index contributed by atoms with van der Waals surface area (Å²) < 4.78 is 30.6. The van der Waals surface area contributed by atoms with E-state index in [0.717, 1.165) is 25.9 Å². The first-order chi connectivity index (χ1) is 30.3. The summed E-state index contributed by atoms with van der Waals surface area (Å²) in [6.45, 7) is 14.2. The highest BCUT2D eigenvalue weighted by Gasteiger charge is 2.49. The van der Waals surface area contributed by atoms with Gasteiger partial charge < -0.3 is 59.2 Å². The standard InChI is InChI=1S/C47H56N4O13/c1-21-13-12-14-22(2)46(58)49-37-41(57)33-32(36-44(37)63-31-20-28(51-16-10-11-17-51)19-29(53)35(31)48-36)34-43(26(6)40(33)56)64-47(8,45(34)50-59)61-18-15-30(60-9)23(3)42(62-27(7)52)25(5)39(55)24(4)38(21)54/h12-15,18-21,23-25,30,38-39,42,53-56,59H,10-11,16-17H2,1-9H3,(H,49,58)/b13-12+,18-15+,22-14-,50-45-/t21-,23+,24+,25+,30-,38-,39+,42+,47-/m0/s1. The number of aliphatic hydroxyl groups is 2. The number of anilines is 2. The first-order valence-corrected chi connectivity index (χ1v) is 21.4. The number of amides is 1. The molecule has 6 N–H and O–H groups in total. The minimum Gasteiger partial charge on any atom is -0.507 e. The molecule has 17 nitrogen and oxygen atoms in total. The smallest absolute Gasteiger partial charge is 0.302 e. The summed E-state index contributed by atoms with van der Waals surface area (Å²) in [5.74, 6) is -6.72. The fourth-order valence-corrected chi connectivity index (χ4v) is 9.19. The third kappa shape index (κ3) is 8.00. The minimum atomic E-state index is -1.92. The van der Waals surface area contributed by atoms with Gasteiger partial charge in [0.25, 0.3) is 11.7 Å². The molecule has 17 heteroatoms. The molecule has 0 radical (unpaired) electrons. The minimum absolute atomic E-state index is 0.0125. The van der Waals surface area contributed by atoms with Crippen LogP contribution < -0.4 is 20.4 Å². The number of allylic oxidation sites excluding steroid dienone is 2. The van der Waals surface area contributed by atoms with Crippen LogP contribution in [0.4, 0.5) is 11.4 Å². The van der Waals surface area contributed by atoms with Crippen LogP contribution in [0, 0.1) is 30.6 Å². The number of methoxy groups -OCH3 is 1. The van der Waals surface area contributed by atoms with Gasteiger partial charge in [0.2, 0.25) is 5.43 Å². The summed E-state index contributed by atoms with van der Waals surface area (Å²) in [6, 6.07) is 3.26. The number of phenols is 2. The summed E-state index contributed by atoms with van der Waals surface area (Å²) in [6.07, 6.45) is 5.51. The lowest BCUT2D eigenvalue weighted by Gasteiger charge is -2.38. The van der Waals surface area contributed by atoms with Crippen molar-refractivity contribution in [2.24, 2.45) is 28.8 Å². The molecule has 0 spiro atoms. The van der Waals surface area contributed by atoms with E-state index < -0.39 is 76.9 Å². The molecule has 1 fully saturated rings. The van der Waals surface area contributed by atoms with Crippen LogP contribution in [0.1, 0.15) is 72.4 Å². The fraction of sp³-hybridized carbons (Fsp3) is 0.468. The van der Waals surface area contributed by atoms with Crippen LogP contribution in [-0.2, 0) is 23.8 Å². The predicted molar refractivity (Wildman–Crippen MR) is 238 cm³/mol. The molecule has 0 unspecified atom stereocenters. The van der Waals surface area contributed by atoms with Gasteiger partial charge in [0.05, 0.1) is 35.5 Å². The fourth-order valence-electron chi connectivity index (χ4n) is 9.19. The Labute approximate surface area is 369 Å². The highest BCUT2D eigenvalue weighted by molar-refractivity contribution is 6.24. The summed E-state index contributed by atoms with van der Waals surface area (Å²) in [4.78, 5) is 48.2. The Morgan fingerprint density at radius 3 is 2.36 bits per heavy atom. The van der Waals surface area contributed by atoms with Crippen molar-refractivity contribution in [3.8, 4) is 28.7 Å². The van der Waals surface area contributed by atoms with Crippen LogP contribution in [0.2, 0.25) is 0 Å². The van der Waals surface area contributed by atoms with Crippen molar-refractivity contribution in [1.82, 2.24) is 4.98 Å². The number of hydrogen-bond acceptors (Lipinski definition) is 16. The topological polar surface area (TPSA) is 243 Å². The number of hydrogen-bond donors (Lipinski definition) is 6. The Morgan fingerprint density at radius 2 is 1.70 bits per heavy atom. The van der Waals surface area contributed by atoms with Gasteiger partial charge in [-0.25, -0.2) is 4.98 Å². The zero-order valence-electron chi connectivity index (χ0n) is 37.3. The number of esters is 1. The van der Waals surface area contributed by atoms with Crippen LogP contribution >= 0.6 is 0 Å². The van der Waals surface area contributed by atoms with E-state index in [-0.39, 0.29) is 72.9 Å². The number of carbonyl (C=O) groups excluding carboxylic acids is 2. The van der Waals surface area contributed by atoms with Gasteiger partial charge in [0.1, 0.15) is 40.3 Å². The molecule has 4 aliphatic heterocycles. The zero-order chi connectivity index (χ0) is 46.5. The maximum atomic E-state index is 14.8. The molecule has 64 heavy (non-hydrogen) atoms. The van der Waals surface area contributed by atoms with Crippen LogP contribution in [-0.4, -0.2) is 98.6 Å². The lowest BCUT2D eigenvalue weighted by molar-refractivity contribution is -0.160. The molecule has 2 aromatic rings. The average Bonchev–Trinajstić information content (AvgIpc) is 3.91. The van der Waals surface area contributed by atoms with Crippen LogP contribution in [0.15, 0.2) is 62.6 Å². The third-order valence-electron chi connectivity index (χ3n) is 13.0. The van der Waals surface area contributed by atoms with Crippen molar-refractivity contribution in [3.63, 3.8) is 0 Å². The lowest BCUT2D eigenvalue weighted by Crippen LogP contribution is -2.46. The Morgan fingerprint density at radius 1 is 1.00 bits per heavy atom. The van der Waals surface area contributed by atoms with Crippen LogP contribution in [0.5, 0.6) is 17.2 Å². The molecule has 1 saturated heterocycles. The molecule has 7 rings (SSSR count). The highest BCUT2D eigenvalue weighted by Crippen LogP contribution is 2.51. The van der Waals surface area contributed by atoms with Crippen LogP contribution in [0.3, 0.4) is 0 Å². The maximum Gasteiger partial charge on any atom is 0.302 e. The predicted octanol–water partition coefficient (Wildman–Crippen LogP) is 6.25. The molecule has 4 bridgehead atoms. The van der Waals surface area contributed by atoms with Crippen molar-refractivity contribution in [2.75, 3.05) is 30.4 Å². The summed E-state index contributed by atoms with van der Waals surface area (Å²) in [5, 5.41) is 63.0. The average molecular weight is 885 g/mol. The SMILES string of the molecule is CO[C@H]1/C=C/O[C@@]2(C)Oc3c(C)c(O)c4c(=O)c(c5oc6cc(N7CCCC7)cc(O)c6nc-5c4c3/C2=N/O)NC(=O)/C(C)=C\C=C\[C@H](C)[C@H](O)[C@@H](C)[C@@H](O)[C@@H](C)[C@H](OC(C)=O)[C@@H]1C. The van der Waals surface area contributed by atoms with E-state index in [1.165, 1.54) is 53.2 Å². The Balaban J connectivity index is 1.47. The number of rotatable bonds is 3. The van der Waals surface area contributed by atoms with E-state index in [1.807, 2.05) is 0 Å². The van der Waals surface area contributed by atoms with E-state index in [4.69, 9.17) is 28.3 Å². The number of oxime groups is 1. The third-order valence-corrected chi connectivity index (χ3v) is 13.0. The van der Waals surface area contributed by atoms with Gasteiger partial charge in [-0.1, -0.05) is 51.1 Å². The molecule has 9 atom stereocenters. The lowest BCUT2D eigenvalue weighted by atomic mass is 9.78. The summed E-state index contributed by atoms with van der Waals surface area (Å²) in [5.41, 5.74) is -0.511. The van der Waals surface area contributed by atoms with E-state index in [0.29, 0.717) is 5.69 Å². The van der Waals surface area contributed by atoms with Crippen LogP contribution in [0.25, 0.3) is 33.3 Å². The largest absolute Gasteiger partial charge is 0.507 e. The van der Waals surface area contributed by atoms with Crippen molar-refractivity contribution in [1.29, 1.82) is 0 Å². The molecule has 2 aromatic carbocycles. The number of aromatic hydroxyl groups is 2. The van der Waals surface area contributed by atoms with Gasteiger partial charge in [-0.2, -0.15) is 0 Å². The number of aliphatic hydroxyl groups excluding tert-OH is 2. The summed E-state index contributed by atoms with van der Waals surface area (Å²) >= 11 is 0. The molecule has 342 valence electrons. The first-order valence-electron chi connectivity index (χ1n) is 21.4. The number of nitrogens with zero attached hydrogens (tertiary/aromatic N) is 3. The second-order valence-corrected chi connectivity index (χ2v) is 17.4. The van der Waals surface area contributed by atoms with Crippen molar-refractivity contribution >= 4 is 50.8 Å². The van der Waals surface area contributed by atoms with Gasteiger partial charge in [-0.05, 0) is 32.8 Å². The van der Waals surface area contributed by atoms with Gasteiger partial charge in [-0.3, -0.25) is 14.4 Å². The molecular weight excluding hydrogens is 829 g/mol. The molecule has 1 amide bonds. The first kappa shape index (κ1) is 45.8. The monoisotopic (exact) mass is 884 g/mol. The normalized spacial score (nSPS) is 30.6. The van der Waals surface area contributed by atoms with E-state index in [9.17, 15) is 40.0 Å². The maximum absolute atomic E-state index is 14.8. The molecular formula is C47H56N4O13. The van der Waals surface area contributed by atoms with Gasteiger partial charge in [-0.15, -0.1) is 0 Å². The van der Waals surface area contributed by atoms with E-state index >= 15 is 0 Å². The number of carbonyl (C=O) groups is 2. The molecule has 4 heterocycles. The Kier molecular flexibility index (Phi) is 12.7. The number of nitrogens with one attached hydrogen (secondary N) is 1. The second kappa shape index (κ2) is 17.8. The van der Waals surface area contributed by atoms with Crippen molar-refractivity contribution < 1.29 is 58.6 Å². The zero-order valence-corrected chi connectivity index (χ0v) is 37.3. The number of fused-ring (bicyclic) bond motifs is 2. The number of phenolic OH excluding ortho intramolecular Hbond substituents is 2. The highest BCUT2D eigenvalue weighted by atomic mass is 16.7. The Hall–Kier alpha value is -6.17. The number of benzene rings is 3. The van der Waals surface area contributed by atoms with Gasteiger partial charge in [0.15, 0.2) is 17.1 Å². The quantitative estimate of drug-likeness (QED) is 0.0438. The number of aromatic nitrogens is 1. The van der Waals surface area contributed by atoms with Crippen molar-refractivity contribution in [3.05, 3.63) is 69.6 Å². The molecule has 1 aliphatic carbocycles. The summed E-state index contributed by atoms with van der Waals surface area (Å²) in [7, 11) is 1.44.